The summed E-state index contributed by atoms with van der Waals surface area (Å²) < 4.78 is 5.96. The van der Waals surface area contributed by atoms with Crippen LogP contribution in [-0.2, 0) is 9.53 Å². The maximum atomic E-state index is 12.7. The van der Waals surface area contributed by atoms with Crippen LogP contribution in [0.25, 0.3) is 0 Å². The van der Waals surface area contributed by atoms with Crippen LogP contribution in [0.4, 0.5) is 0 Å². The number of rotatable bonds is 3. The summed E-state index contributed by atoms with van der Waals surface area (Å²) in [7, 11) is 0. The molecule has 2 aliphatic heterocycles. The van der Waals surface area contributed by atoms with Crippen molar-refractivity contribution in [2.24, 2.45) is 5.92 Å². The number of aryl methyl sites for hydroxylation is 1. The molecule has 4 atom stereocenters. The molecule has 114 valence electrons. The second-order valence-electron chi connectivity index (χ2n) is 6.51. The second kappa shape index (κ2) is 5.07. The largest absolute Gasteiger partial charge is 0.376 e. The van der Waals surface area contributed by atoms with E-state index in [0.29, 0.717) is 5.92 Å². The van der Waals surface area contributed by atoms with Gasteiger partial charge in [-0.25, -0.2) is 0 Å². The van der Waals surface area contributed by atoms with Crippen LogP contribution >= 0.6 is 11.3 Å². The van der Waals surface area contributed by atoms with Crippen molar-refractivity contribution in [3.63, 3.8) is 0 Å². The highest BCUT2D eigenvalue weighted by atomic mass is 32.1. The Morgan fingerprint density at radius 2 is 2.14 bits per heavy atom. The molecule has 1 aromatic heterocycles. The van der Waals surface area contributed by atoms with Crippen molar-refractivity contribution < 1.29 is 9.53 Å². The Labute approximate surface area is 129 Å². The molecular formula is C16H22N2O2S. The number of carbonyl (C=O) groups excluding carboxylic acids is 1. The third-order valence-corrected chi connectivity index (χ3v) is 5.94. The summed E-state index contributed by atoms with van der Waals surface area (Å²) in [6.07, 6.45) is 3.77. The van der Waals surface area contributed by atoms with E-state index in [9.17, 15) is 4.79 Å². The molecule has 1 aromatic rings. The molecule has 4 unspecified atom stereocenters. The molecule has 1 aliphatic carbocycles. The first-order chi connectivity index (χ1) is 10.1. The molecule has 3 heterocycles. The lowest BCUT2D eigenvalue weighted by Gasteiger charge is -2.32. The van der Waals surface area contributed by atoms with Crippen molar-refractivity contribution in [3.05, 3.63) is 21.9 Å². The summed E-state index contributed by atoms with van der Waals surface area (Å²) in [5.41, 5.74) is 0. The molecule has 0 aromatic carbocycles. The van der Waals surface area contributed by atoms with Gasteiger partial charge in [0, 0.05) is 16.4 Å². The molecule has 3 fully saturated rings. The molecule has 0 radical (unpaired) electrons. The van der Waals surface area contributed by atoms with Gasteiger partial charge in [0.2, 0.25) is 5.91 Å². The normalized spacial score (nSPS) is 36.7. The van der Waals surface area contributed by atoms with E-state index in [1.807, 2.05) is 6.92 Å². The van der Waals surface area contributed by atoms with Crippen LogP contribution in [0.15, 0.2) is 12.1 Å². The third kappa shape index (κ3) is 2.31. The zero-order chi connectivity index (χ0) is 14.6. The van der Waals surface area contributed by atoms with Gasteiger partial charge in [0.05, 0.1) is 18.2 Å². The average molecular weight is 306 g/mol. The van der Waals surface area contributed by atoms with E-state index in [2.05, 4.69) is 29.3 Å². The van der Waals surface area contributed by atoms with Gasteiger partial charge < -0.3 is 9.64 Å². The zero-order valence-electron chi connectivity index (χ0n) is 12.5. The Bertz CT molecular complexity index is 554. The van der Waals surface area contributed by atoms with Crippen molar-refractivity contribution in [1.29, 1.82) is 0 Å². The Kier molecular flexibility index (Phi) is 3.32. The minimum atomic E-state index is -0.0992. The van der Waals surface area contributed by atoms with Crippen LogP contribution in [0.3, 0.4) is 0 Å². The number of amides is 1. The smallest absolute Gasteiger partial charge is 0.241 e. The summed E-state index contributed by atoms with van der Waals surface area (Å²) >= 11 is 1.78. The molecule has 0 bridgehead atoms. The Hall–Kier alpha value is -0.910. The number of carbonyl (C=O) groups is 1. The van der Waals surface area contributed by atoms with Crippen molar-refractivity contribution in [2.75, 3.05) is 6.61 Å². The number of nitrogens with zero attached hydrogens (tertiary/aromatic N) is 1. The molecule has 4 nitrogen and oxygen atoms in total. The van der Waals surface area contributed by atoms with E-state index in [-0.39, 0.29) is 30.3 Å². The molecule has 1 N–H and O–H groups in total. The molecule has 4 rings (SSSR count). The second-order valence-corrected chi connectivity index (χ2v) is 7.83. The first kappa shape index (κ1) is 13.7. The average Bonchev–Trinajstić information content (AvgIpc) is 2.90. The molecule has 0 spiro atoms. The highest BCUT2D eigenvalue weighted by molar-refractivity contribution is 7.12. The fraction of sp³-hybridized carbons (Fsp3) is 0.688. The summed E-state index contributed by atoms with van der Waals surface area (Å²) in [6.45, 7) is 4.88. The molecule has 3 aliphatic rings. The Morgan fingerprint density at radius 1 is 1.33 bits per heavy atom. The number of thiophene rings is 1. The van der Waals surface area contributed by atoms with Gasteiger partial charge in [0.15, 0.2) is 0 Å². The number of hydrogen-bond acceptors (Lipinski definition) is 4. The van der Waals surface area contributed by atoms with E-state index in [1.165, 1.54) is 22.6 Å². The van der Waals surface area contributed by atoms with E-state index in [4.69, 9.17) is 4.74 Å². The van der Waals surface area contributed by atoms with Crippen LogP contribution in [0, 0.1) is 12.8 Å². The Morgan fingerprint density at radius 3 is 2.81 bits per heavy atom. The highest BCUT2D eigenvalue weighted by Gasteiger charge is 2.50. The van der Waals surface area contributed by atoms with Gasteiger partial charge in [0.1, 0.15) is 6.17 Å². The van der Waals surface area contributed by atoms with Crippen molar-refractivity contribution in [1.82, 2.24) is 10.2 Å². The SMILES string of the molecule is Cc1ccc(C2NC(C)C(=O)N2C2CCOC2C2CC2)s1. The summed E-state index contributed by atoms with van der Waals surface area (Å²) in [5.74, 6) is 0.902. The lowest BCUT2D eigenvalue weighted by molar-refractivity contribution is -0.133. The van der Waals surface area contributed by atoms with E-state index in [0.717, 1.165) is 13.0 Å². The number of nitrogens with one attached hydrogen (secondary N) is 1. The molecule has 5 heteroatoms. The maximum Gasteiger partial charge on any atom is 0.241 e. The van der Waals surface area contributed by atoms with Gasteiger partial charge >= 0.3 is 0 Å². The lowest BCUT2D eigenvalue weighted by atomic mass is 10.0. The van der Waals surface area contributed by atoms with Crippen LogP contribution in [-0.4, -0.2) is 35.6 Å². The van der Waals surface area contributed by atoms with Crippen LogP contribution in [0.2, 0.25) is 0 Å². The van der Waals surface area contributed by atoms with Crippen LogP contribution in [0.1, 0.15) is 42.1 Å². The van der Waals surface area contributed by atoms with Crippen molar-refractivity contribution in [2.45, 2.75) is 57.5 Å². The lowest BCUT2D eigenvalue weighted by Crippen LogP contribution is -2.45. The fourth-order valence-corrected chi connectivity index (χ4v) is 4.62. The maximum absolute atomic E-state index is 12.7. The summed E-state index contributed by atoms with van der Waals surface area (Å²) in [5, 5.41) is 3.47. The molecule has 1 saturated carbocycles. The standard InChI is InChI=1S/C16H22N2O2S/c1-9-3-6-13(21-9)15-17-10(2)16(19)18(15)12-7-8-20-14(12)11-4-5-11/h3,6,10-12,14-15,17H,4-5,7-8H2,1-2H3. The molecule has 1 amide bonds. The molecular weight excluding hydrogens is 284 g/mol. The predicted molar refractivity (Wildman–Crippen MR) is 82.1 cm³/mol. The quantitative estimate of drug-likeness (QED) is 0.932. The van der Waals surface area contributed by atoms with Crippen molar-refractivity contribution >= 4 is 17.2 Å². The van der Waals surface area contributed by atoms with Gasteiger partial charge in [0.25, 0.3) is 0 Å². The summed E-state index contributed by atoms with van der Waals surface area (Å²) in [4.78, 5) is 17.3. The van der Waals surface area contributed by atoms with Crippen LogP contribution < -0.4 is 5.32 Å². The Balaban J connectivity index is 1.64. The topological polar surface area (TPSA) is 41.6 Å². The molecule has 21 heavy (non-hydrogen) atoms. The van der Waals surface area contributed by atoms with Crippen LogP contribution in [0.5, 0.6) is 0 Å². The van der Waals surface area contributed by atoms with Crippen molar-refractivity contribution in [3.8, 4) is 0 Å². The minimum Gasteiger partial charge on any atom is -0.376 e. The monoisotopic (exact) mass is 306 g/mol. The first-order valence-electron chi connectivity index (χ1n) is 7.91. The third-order valence-electron chi connectivity index (χ3n) is 4.89. The van der Waals surface area contributed by atoms with Gasteiger partial charge in [-0.3, -0.25) is 10.1 Å². The van der Waals surface area contributed by atoms with Gasteiger partial charge in [-0.1, -0.05) is 0 Å². The van der Waals surface area contributed by atoms with E-state index < -0.39 is 0 Å². The summed E-state index contributed by atoms with van der Waals surface area (Å²) in [6, 6.07) is 4.43. The van der Waals surface area contributed by atoms with E-state index >= 15 is 0 Å². The fourth-order valence-electron chi connectivity index (χ4n) is 3.69. The number of hydrogen-bond donors (Lipinski definition) is 1. The first-order valence-corrected chi connectivity index (χ1v) is 8.73. The highest BCUT2D eigenvalue weighted by Crippen LogP contribution is 2.43. The van der Waals surface area contributed by atoms with E-state index in [1.54, 1.807) is 11.3 Å². The number of ether oxygens (including phenoxy) is 1. The predicted octanol–water partition coefficient (Wildman–Crippen LogP) is 2.44. The zero-order valence-corrected chi connectivity index (χ0v) is 13.4. The minimum absolute atomic E-state index is 0.0270. The molecule has 2 saturated heterocycles. The van der Waals surface area contributed by atoms with Gasteiger partial charge in [-0.15, -0.1) is 11.3 Å². The van der Waals surface area contributed by atoms with Gasteiger partial charge in [-0.2, -0.15) is 0 Å². The van der Waals surface area contributed by atoms with Gasteiger partial charge in [-0.05, 0) is 51.2 Å².